The van der Waals surface area contributed by atoms with Crippen molar-refractivity contribution in [3.63, 3.8) is 0 Å². The quantitative estimate of drug-likeness (QED) is 0.800. The van der Waals surface area contributed by atoms with Gasteiger partial charge in [0.25, 0.3) is 0 Å². The molecule has 0 amide bonds. The molecule has 1 aromatic rings. The van der Waals surface area contributed by atoms with Crippen LogP contribution in [0.3, 0.4) is 0 Å². The molecule has 1 saturated heterocycles. The van der Waals surface area contributed by atoms with Crippen LogP contribution in [0.25, 0.3) is 0 Å². The van der Waals surface area contributed by atoms with Gasteiger partial charge in [-0.3, -0.25) is 0 Å². The highest BCUT2D eigenvalue weighted by atomic mass is 79.9. The van der Waals surface area contributed by atoms with E-state index in [1.54, 1.807) is 6.08 Å². The van der Waals surface area contributed by atoms with E-state index in [2.05, 4.69) is 22.5 Å². The maximum Gasteiger partial charge on any atom is 0.119 e. The van der Waals surface area contributed by atoms with Crippen LogP contribution in [-0.2, 0) is 9.47 Å². The Kier molecular flexibility index (Phi) is 4.59. The number of rotatable bonds is 4. The molecular weight excluding hydrogens is 284 g/mol. The fraction of sp³-hybridized carbons (Fsp3) is 0.385. The van der Waals surface area contributed by atoms with Crippen molar-refractivity contribution >= 4 is 15.9 Å². The number of benzene rings is 1. The number of ether oxygens (including phenoxy) is 3. The first-order chi connectivity index (χ1) is 8.28. The van der Waals surface area contributed by atoms with E-state index in [0.29, 0.717) is 19.8 Å². The predicted molar refractivity (Wildman–Crippen MR) is 69.3 cm³/mol. The third-order valence-corrected chi connectivity index (χ3v) is 2.99. The van der Waals surface area contributed by atoms with Crippen molar-refractivity contribution in [3.05, 3.63) is 41.4 Å². The summed E-state index contributed by atoms with van der Waals surface area (Å²) in [6.07, 6.45) is 1.70. The molecule has 92 valence electrons. The van der Waals surface area contributed by atoms with Crippen molar-refractivity contribution in [2.75, 3.05) is 19.8 Å². The Morgan fingerprint density at radius 2 is 2.12 bits per heavy atom. The minimum atomic E-state index is -0.0320. The third kappa shape index (κ3) is 3.84. The summed E-state index contributed by atoms with van der Waals surface area (Å²) in [7, 11) is 0. The molecular formula is C13H15BrO3. The average molecular weight is 299 g/mol. The second-order valence-corrected chi connectivity index (χ2v) is 4.75. The molecule has 1 aliphatic rings. The highest BCUT2D eigenvalue weighted by molar-refractivity contribution is 9.10. The van der Waals surface area contributed by atoms with Gasteiger partial charge in [-0.05, 0) is 24.3 Å². The van der Waals surface area contributed by atoms with E-state index < -0.39 is 0 Å². The normalized spacial score (nSPS) is 24.3. The summed E-state index contributed by atoms with van der Waals surface area (Å²) < 4.78 is 17.8. The second-order valence-electron chi connectivity index (χ2n) is 3.83. The lowest BCUT2D eigenvalue weighted by Crippen LogP contribution is -2.38. The van der Waals surface area contributed by atoms with Gasteiger partial charge in [-0.1, -0.05) is 22.0 Å². The van der Waals surface area contributed by atoms with Gasteiger partial charge in [0.1, 0.15) is 18.5 Å². The van der Waals surface area contributed by atoms with Crippen LogP contribution in [0.1, 0.15) is 0 Å². The molecule has 0 aromatic heterocycles. The van der Waals surface area contributed by atoms with E-state index >= 15 is 0 Å². The standard InChI is InChI=1S/C13H15BrO3/c1-2-11-7-15-8-13(17-11)9-16-12-5-3-10(14)4-6-12/h2-6,11,13H,1,7-9H2/t11-,13-/m0/s1. The molecule has 1 aromatic carbocycles. The van der Waals surface area contributed by atoms with E-state index in [1.165, 1.54) is 0 Å². The SMILES string of the molecule is C=C[C@H]1COC[C@@H](COc2ccc(Br)cc2)O1. The van der Waals surface area contributed by atoms with Crippen molar-refractivity contribution < 1.29 is 14.2 Å². The first-order valence-electron chi connectivity index (χ1n) is 5.52. The molecule has 0 bridgehead atoms. The monoisotopic (exact) mass is 298 g/mol. The lowest BCUT2D eigenvalue weighted by Gasteiger charge is -2.28. The van der Waals surface area contributed by atoms with Gasteiger partial charge in [0, 0.05) is 4.47 Å². The molecule has 0 radical (unpaired) electrons. The smallest absolute Gasteiger partial charge is 0.119 e. The fourth-order valence-corrected chi connectivity index (χ4v) is 1.84. The van der Waals surface area contributed by atoms with E-state index in [1.807, 2.05) is 24.3 Å². The molecule has 0 unspecified atom stereocenters. The lowest BCUT2D eigenvalue weighted by atomic mass is 10.3. The highest BCUT2D eigenvalue weighted by Gasteiger charge is 2.21. The Bertz CT molecular complexity index is 363. The van der Waals surface area contributed by atoms with Crippen LogP contribution in [0.2, 0.25) is 0 Å². The van der Waals surface area contributed by atoms with Gasteiger partial charge in [0.05, 0.1) is 19.3 Å². The van der Waals surface area contributed by atoms with Crippen LogP contribution in [0.4, 0.5) is 0 Å². The van der Waals surface area contributed by atoms with Gasteiger partial charge in [0.15, 0.2) is 0 Å². The van der Waals surface area contributed by atoms with E-state index in [-0.39, 0.29) is 12.2 Å². The summed E-state index contributed by atoms with van der Waals surface area (Å²) in [4.78, 5) is 0. The Morgan fingerprint density at radius 1 is 1.35 bits per heavy atom. The lowest BCUT2D eigenvalue weighted by molar-refractivity contribution is -0.130. The first-order valence-corrected chi connectivity index (χ1v) is 6.31. The first kappa shape index (κ1) is 12.6. The maximum atomic E-state index is 5.70. The van der Waals surface area contributed by atoms with Gasteiger partial charge in [-0.2, -0.15) is 0 Å². The van der Waals surface area contributed by atoms with Crippen LogP contribution in [0.5, 0.6) is 5.75 Å². The Balaban J connectivity index is 1.81. The predicted octanol–water partition coefficient (Wildman–Crippen LogP) is 2.80. The summed E-state index contributed by atoms with van der Waals surface area (Å²) in [5, 5.41) is 0. The molecule has 1 aliphatic heterocycles. The van der Waals surface area contributed by atoms with Crippen molar-refractivity contribution in [3.8, 4) is 5.75 Å². The summed E-state index contributed by atoms with van der Waals surface area (Å²) >= 11 is 3.38. The Labute approximate surface area is 109 Å². The van der Waals surface area contributed by atoms with Crippen molar-refractivity contribution in [1.29, 1.82) is 0 Å². The zero-order valence-electron chi connectivity index (χ0n) is 9.47. The molecule has 1 heterocycles. The maximum absolute atomic E-state index is 5.70. The van der Waals surface area contributed by atoms with Crippen molar-refractivity contribution in [1.82, 2.24) is 0 Å². The molecule has 0 saturated carbocycles. The molecule has 2 atom stereocenters. The van der Waals surface area contributed by atoms with Crippen LogP contribution in [-0.4, -0.2) is 32.0 Å². The van der Waals surface area contributed by atoms with Gasteiger partial charge in [0.2, 0.25) is 0 Å². The summed E-state index contributed by atoms with van der Waals surface area (Å²) in [5.74, 6) is 0.831. The van der Waals surface area contributed by atoms with E-state index in [0.717, 1.165) is 10.2 Å². The van der Waals surface area contributed by atoms with Gasteiger partial charge in [-0.25, -0.2) is 0 Å². The minimum absolute atomic E-state index is 0.0257. The largest absolute Gasteiger partial charge is 0.491 e. The van der Waals surface area contributed by atoms with Crippen molar-refractivity contribution in [2.45, 2.75) is 12.2 Å². The minimum Gasteiger partial charge on any atom is -0.491 e. The van der Waals surface area contributed by atoms with Crippen LogP contribution < -0.4 is 4.74 Å². The van der Waals surface area contributed by atoms with E-state index in [4.69, 9.17) is 14.2 Å². The Morgan fingerprint density at radius 3 is 2.82 bits per heavy atom. The second kappa shape index (κ2) is 6.19. The number of halogens is 1. The Hall–Kier alpha value is -0.840. The summed E-state index contributed by atoms with van der Waals surface area (Å²) in [6.45, 7) is 5.34. The third-order valence-electron chi connectivity index (χ3n) is 2.47. The summed E-state index contributed by atoms with van der Waals surface area (Å²) in [6, 6.07) is 7.72. The molecule has 0 aliphatic carbocycles. The number of hydrogen-bond acceptors (Lipinski definition) is 3. The van der Waals surface area contributed by atoms with E-state index in [9.17, 15) is 0 Å². The zero-order valence-corrected chi connectivity index (χ0v) is 11.1. The molecule has 3 nitrogen and oxygen atoms in total. The van der Waals surface area contributed by atoms with Gasteiger partial charge in [-0.15, -0.1) is 6.58 Å². The number of hydrogen-bond donors (Lipinski definition) is 0. The van der Waals surface area contributed by atoms with Crippen LogP contribution in [0.15, 0.2) is 41.4 Å². The molecule has 1 fully saturated rings. The summed E-state index contributed by atoms with van der Waals surface area (Å²) in [5.41, 5.74) is 0. The highest BCUT2D eigenvalue weighted by Crippen LogP contribution is 2.17. The zero-order chi connectivity index (χ0) is 12.1. The average Bonchev–Trinajstić information content (AvgIpc) is 2.38. The molecule has 0 N–H and O–H groups in total. The molecule has 4 heteroatoms. The molecule has 2 rings (SSSR count). The van der Waals surface area contributed by atoms with Crippen LogP contribution >= 0.6 is 15.9 Å². The van der Waals surface area contributed by atoms with Gasteiger partial charge >= 0.3 is 0 Å². The molecule has 17 heavy (non-hydrogen) atoms. The van der Waals surface area contributed by atoms with Gasteiger partial charge < -0.3 is 14.2 Å². The van der Waals surface area contributed by atoms with Crippen molar-refractivity contribution in [2.24, 2.45) is 0 Å². The molecule has 0 spiro atoms. The topological polar surface area (TPSA) is 27.7 Å². The fourth-order valence-electron chi connectivity index (χ4n) is 1.57. The van der Waals surface area contributed by atoms with Crippen LogP contribution in [0, 0.1) is 0 Å².